The van der Waals surface area contributed by atoms with Gasteiger partial charge in [0.05, 0.1) is 18.0 Å². The number of nitrogens with zero attached hydrogens (tertiary/aromatic N) is 3. The molecule has 17 heavy (non-hydrogen) atoms. The zero-order valence-corrected chi connectivity index (χ0v) is 9.37. The minimum Gasteiger partial charge on any atom is -0.376 e. The number of aromatic nitrogens is 3. The van der Waals surface area contributed by atoms with E-state index < -0.39 is 0 Å². The zero-order valence-electron chi connectivity index (χ0n) is 9.37. The van der Waals surface area contributed by atoms with Crippen LogP contribution in [-0.2, 0) is 11.3 Å². The van der Waals surface area contributed by atoms with Crippen molar-refractivity contribution in [3.8, 4) is 0 Å². The Labute approximate surface area is 98.0 Å². The number of hydrogen-bond acceptors (Lipinski definition) is 4. The topological polar surface area (TPSA) is 57.0 Å². The van der Waals surface area contributed by atoms with Crippen molar-refractivity contribution in [2.75, 3.05) is 6.61 Å². The Balaban J connectivity index is 1.99. The van der Waals surface area contributed by atoms with E-state index in [1.165, 1.54) is 4.68 Å². The highest BCUT2D eigenvalue weighted by atomic mass is 16.5. The van der Waals surface area contributed by atoms with Gasteiger partial charge in [-0.05, 0) is 25.0 Å². The molecule has 1 aliphatic heterocycles. The molecule has 0 bridgehead atoms. The van der Waals surface area contributed by atoms with Crippen molar-refractivity contribution in [1.29, 1.82) is 0 Å². The number of fused-ring (bicyclic) bond motifs is 1. The molecule has 5 nitrogen and oxygen atoms in total. The fraction of sp³-hybridized carbons (Fsp3) is 0.417. The van der Waals surface area contributed by atoms with E-state index in [1.807, 2.05) is 12.1 Å². The van der Waals surface area contributed by atoms with E-state index in [2.05, 4.69) is 10.3 Å². The van der Waals surface area contributed by atoms with E-state index >= 15 is 0 Å². The molecule has 1 aliphatic rings. The van der Waals surface area contributed by atoms with E-state index in [4.69, 9.17) is 4.74 Å². The van der Waals surface area contributed by atoms with Gasteiger partial charge in [-0.15, -0.1) is 5.10 Å². The summed E-state index contributed by atoms with van der Waals surface area (Å²) in [5.41, 5.74) is 0.548. The summed E-state index contributed by atoms with van der Waals surface area (Å²) in [7, 11) is 0. The maximum absolute atomic E-state index is 12.1. The normalized spacial score (nSPS) is 19.9. The number of rotatable bonds is 2. The SMILES string of the molecule is O=c1c2ccccc2nnn1C[C@@H]1CCCO1. The quantitative estimate of drug-likeness (QED) is 0.772. The van der Waals surface area contributed by atoms with Gasteiger partial charge in [-0.2, -0.15) is 0 Å². The Hall–Kier alpha value is -1.75. The second kappa shape index (κ2) is 4.25. The standard InChI is InChI=1S/C12H13N3O2/c16-12-10-5-1-2-6-11(10)13-14-15(12)8-9-4-3-7-17-9/h1-2,5-6,9H,3-4,7-8H2/t9-/m0/s1. The molecule has 0 spiro atoms. The molecule has 5 heteroatoms. The van der Waals surface area contributed by atoms with Crippen LogP contribution in [0.15, 0.2) is 29.1 Å². The molecule has 3 rings (SSSR count). The molecular weight excluding hydrogens is 218 g/mol. The maximum atomic E-state index is 12.1. The summed E-state index contributed by atoms with van der Waals surface area (Å²) in [6, 6.07) is 7.25. The van der Waals surface area contributed by atoms with Gasteiger partial charge in [0.2, 0.25) is 0 Å². The molecule has 2 aromatic rings. The Kier molecular flexibility index (Phi) is 2.60. The van der Waals surface area contributed by atoms with Gasteiger partial charge in [0.15, 0.2) is 0 Å². The summed E-state index contributed by atoms with van der Waals surface area (Å²) in [4.78, 5) is 12.1. The molecule has 0 saturated carbocycles. The van der Waals surface area contributed by atoms with Crippen LogP contribution in [0.25, 0.3) is 10.9 Å². The van der Waals surface area contributed by atoms with Crippen LogP contribution in [0.5, 0.6) is 0 Å². The van der Waals surface area contributed by atoms with Crippen LogP contribution in [0.2, 0.25) is 0 Å². The monoisotopic (exact) mass is 231 g/mol. The van der Waals surface area contributed by atoms with Gasteiger partial charge in [-0.25, -0.2) is 4.68 Å². The van der Waals surface area contributed by atoms with Gasteiger partial charge >= 0.3 is 0 Å². The van der Waals surface area contributed by atoms with Crippen molar-refractivity contribution in [3.05, 3.63) is 34.6 Å². The van der Waals surface area contributed by atoms with Crippen molar-refractivity contribution in [2.24, 2.45) is 0 Å². The molecule has 1 aromatic heterocycles. The van der Waals surface area contributed by atoms with Crippen molar-refractivity contribution >= 4 is 10.9 Å². The third-order valence-electron chi connectivity index (χ3n) is 3.03. The van der Waals surface area contributed by atoms with Gasteiger partial charge in [0, 0.05) is 6.61 Å². The molecule has 0 amide bonds. The molecule has 88 valence electrons. The molecule has 1 fully saturated rings. The summed E-state index contributed by atoms with van der Waals surface area (Å²) in [6.07, 6.45) is 2.14. The lowest BCUT2D eigenvalue weighted by Crippen LogP contribution is -2.29. The average Bonchev–Trinajstić information content (AvgIpc) is 2.86. The van der Waals surface area contributed by atoms with Crippen molar-refractivity contribution in [1.82, 2.24) is 15.0 Å². The van der Waals surface area contributed by atoms with Crippen LogP contribution in [0, 0.1) is 0 Å². The van der Waals surface area contributed by atoms with E-state index in [-0.39, 0.29) is 11.7 Å². The molecule has 0 N–H and O–H groups in total. The van der Waals surface area contributed by atoms with Crippen LogP contribution in [-0.4, -0.2) is 27.7 Å². The van der Waals surface area contributed by atoms with Crippen LogP contribution in [0.1, 0.15) is 12.8 Å². The molecule has 1 saturated heterocycles. The Bertz CT molecular complexity index is 588. The van der Waals surface area contributed by atoms with Crippen LogP contribution in [0.3, 0.4) is 0 Å². The molecule has 0 aliphatic carbocycles. The van der Waals surface area contributed by atoms with E-state index in [0.29, 0.717) is 17.4 Å². The highest BCUT2D eigenvalue weighted by molar-refractivity contribution is 5.76. The second-order valence-corrected chi connectivity index (χ2v) is 4.23. The van der Waals surface area contributed by atoms with Gasteiger partial charge in [0.25, 0.3) is 5.56 Å². The minimum atomic E-state index is -0.0916. The Morgan fingerprint density at radius 2 is 2.29 bits per heavy atom. The summed E-state index contributed by atoms with van der Waals surface area (Å²) in [5, 5.41) is 8.60. The third-order valence-corrected chi connectivity index (χ3v) is 3.03. The van der Waals surface area contributed by atoms with Gasteiger partial charge in [-0.1, -0.05) is 17.3 Å². The average molecular weight is 231 g/mol. The van der Waals surface area contributed by atoms with E-state index in [1.54, 1.807) is 12.1 Å². The Morgan fingerprint density at radius 3 is 3.12 bits per heavy atom. The van der Waals surface area contributed by atoms with E-state index in [0.717, 1.165) is 19.4 Å². The second-order valence-electron chi connectivity index (χ2n) is 4.23. The summed E-state index contributed by atoms with van der Waals surface area (Å²) >= 11 is 0. The van der Waals surface area contributed by atoms with Crippen LogP contribution >= 0.6 is 0 Å². The third kappa shape index (κ3) is 1.93. The number of hydrogen-bond donors (Lipinski definition) is 0. The van der Waals surface area contributed by atoms with Gasteiger partial charge in [-0.3, -0.25) is 4.79 Å². The Morgan fingerprint density at radius 1 is 1.41 bits per heavy atom. The predicted molar refractivity (Wildman–Crippen MR) is 62.8 cm³/mol. The van der Waals surface area contributed by atoms with Crippen LogP contribution < -0.4 is 5.56 Å². The summed E-state index contributed by atoms with van der Waals surface area (Å²) < 4.78 is 6.90. The van der Waals surface area contributed by atoms with Crippen molar-refractivity contribution < 1.29 is 4.74 Å². The first-order valence-corrected chi connectivity index (χ1v) is 5.79. The van der Waals surface area contributed by atoms with Crippen molar-refractivity contribution in [2.45, 2.75) is 25.5 Å². The number of benzene rings is 1. The fourth-order valence-corrected chi connectivity index (χ4v) is 2.12. The molecule has 1 atom stereocenters. The first-order valence-electron chi connectivity index (χ1n) is 5.79. The minimum absolute atomic E-state index is 0.0916. The molecule has 0 radical (unpaired) electrons. The highest BCUT2D eigenvalue weighted by Crippen LogP contribution is 2.13. The lowest BCUT2D eigenvalue weighted by molar-refractivity contribution is 0.0920. The molecule has 2 heterocycles. The summed E-state index contributed by atoms with van der Waals surface area (Å²) in [5.74, 6) is 0. The van der Waals surface area contributed by atoms with Crippen molar-refractivity contribution in [3.63, 3.8) is 0 Å². The maximum Gasteiger partial charge on any atom is 0.277 e. The van der Waals surface area contributed by atoms with Crippen LogP contribution in [0.4, 0.5) is 0 Å². The molecule has 1 aromatic carbocycles. The molecular formula is C12H13N3O2. The predicted octanol–water partition coefficient (Wildman–Crippen LogP) is 0.970. The first-order chi connectivity index (χ1) is 8.34. The molecule has 0 unspecified atom stereocenters. The summed E-state index contributed by atoms with van der Waals surface area (Å²) in [6.45, 7) is 1.27. The number of ether oxygens (including phenoxy) is 1. The lowest BCUT2D eigenvalue weighted by Gasteiger charge is -2.10. The first kappa shape index (κ1) is 10.4. The largest absolute Gasteiger partial charge is 0.376 e. The lowest BCUT2D eigenvalue weighted by atomic mass is 10.2. The van der Waals surface area contributed by atoms with Gasteiger partial charge in [0.1, 0.15) is 5.52 Å². The van der Waals surface area contributed by atoms with E-state index in [9.17, 15) is 4.79 Å². The zero-order chi connectivity index (χ0) is 11.7. The fourth-order valence-electron chi connectivity index (χ4n) is 2.12. The highest BCUT2D eigenvalue weighted by Gasteiger charge is 2.17. The smallest absolute Gasteiger partial charge is 0.277 e. The van der Waals surface area contributed by atoms with Gasteiger partial charge < -0.3 is 4.74 Å².